The number of hydrogen-bond acceptors (Lipinski definition) is 7. The van der Waals surface area contributed by atoms with E-state index < -0.39 is 12.1 Å². The maximum Gasteiger partial charge on any atom is 0.490 e. The molecule has 10 nitrogen and oxygen atoms in total. The summed E-state index contributed by atoms with van der Waals surface area (Å²) in [6.45, 7) is 3.08. The zero-order valence-electron chi connectivity index (χ0n) is 16.7. The third kappa shape index (κ3) is 5.49. The van der Waals surface area contributed by atoms with E-state index in [1.807, 2.05) is 16.8 Å². The maximum absolute atomic E-state index is 12.1. The average Bonchev–Trinajstić information content (AvgIpc) is 3.38. The number of nitrogens with one attached hydrogen (secondary N) is 1. The van der Waals surface area contributed by atoms with Crippen LogP contribution in [0.4, 0.5) is 13.2 Å². The molecule has 1 unspecified atom stereocenters. The number of aromatic nitrogens is 4. The molecule has 0 aliphatic carbocycles. The molecule has 1 aliphatic rings. The highest BCUT2D eigenvalue weighted by molar-refractivity contribution is 5.95. The van der Waals surface area contributed by atoms with Crippen LogP contribution in [0.15, 0.2) is 41.3 Å². The van der Waals surface area contributed by atoms with Gasteiger partial charge < -0.3 is 19.6 Å². The first-order valence-electron chi connectivity index (χ1n) is 9.23. The monoisotopic (exact) mass is 453 g/mol. The van der Waals surface area contributed by atoms with Crippen LogP contribution in [0.5, 0.6) is 0 Å². The Balaban J connectivity index is 0.000000360. The van der Waals surface area contributed by atoms with Crippen molar-refractivity contribution in [1.82, 2.24) is 25.3 Å². The van der Waals surface area contributed by atoms with E-state index in [4.69, 9.17) is 19.1 Å². The highest BCUT2D eigenvalue weighted by Gasteiger charge is 2.38. The fourth-order valence-electron chi connectivity index (χ4n) is 2.84. The summed E-state index contributed by atoms with van der Waals surface area (Å²) in [6.07, 6.45) is -0.267. The summed E-state index contributed by atoms with van der Waals surface area (Å²) in [5.74, 6) is -2.33. The number of furan rings is 1. The van der Waals surface area contributed by atoms with Gasteiger partial charge in [0.1, 0.15) is 11.5 Å². The molecule has 0 saturated carbocycles. The quantitative estimate of drug-likeness (QED) is 0.615. The molecule has 1 amide bonds. The second-order valence-electron chi connectivity index (χ2n) is 6.64. The molecule has 4 rings (SSSR count). The number of alkyl halides is 3. The summed E-state index contributed by atoms with van der Waals surface area (Å²) in [5.41, 5.74) is 3.15. The molecule has 0 spiro atoms. The number of nitrogens with zero attached hydrogens (tertiary/aromatic N) is 4. The molecule has 3 aromatic rings. The summed E-state index contributed by atoms with van der Waals surface area (Å²) in [7, 11) is 0. The lowest BCUT2D eigenvalue weighted by atomic mass is 10.1. The van der Waals surface area contributed by atoms with Crippen LogP contribution in [-0.4, -0.2) is 55.8 Å². The van der Waals surface area contributed by atoms with E-state index in [1.54, 1.807) is 25.4 Å². The molecular formula is C19H18F3N5O5. The molecule has 0 aromatic carbocycles. The van der Waals surface area contributed by atoms with Crippen molar-refractivity contribution in [2.24, 2.45) is 0 Å². The lowest BCUT2D eigenvalue weighted by Crippen LogP contribution is -2.39. The minimum absolute atomic E-state index is 0.160. The number of ether oxygens (including phenoxy) is 1. The van der Waals surface area contributed by atoms with Crippen molar-refractivity contribution in [2.45, 2.75) is 32.4 Å². The third-order valence-corrected chi connectivity index (χ3v) is 4.44. The maximum atomic E-state index is 12.1. The van der Waals surface area contributed by atoms with E-state index in [0.29, 0.717) is 31.0 Å². The minimum atomic E-state index is -5.08. The van der Waals surface area contributed by atoms with Crippen LogP contribution in [0, 0.1) is 6.92 Å². The molecule has 0 fully saturated rings. The number of carboxylic acid groups (broad SMARTS) is 1. The van der Waals surface area contributed by atoms with Crippen LogP contribution >= 0.6 is 0 Å². The predicted molar refractivity (Wildman–Crippen MR) is 101 cm³/mol. The van der Waals surface area contributed by atoms with Crippen LogP contribution < -0.4 is 5.32 Å². The molecule has 0 bridgehead atoms. The standard InChI is InChI=1S/C17H17N5O3.C2HF3O2/c1-11-14(4-6-24-11)17(23)19-8-13-9-22-15(10-25-13)16(20-21-22)12-3-2-5-18-7-12;3-2(4,5)1(6)7/h2-7,13H,8-10H2,1H3,(H,19,23);(H,6,7). The Hall–Kier alpha value is -3.74. The largest absolute Gasteiger partial charge is 0.490 e. The molecule has 4 heterocycles. The SMILES string of the molecule is Cc1occc1C(=O)NCC1Cn2nnc(-c3cccnc3)c2CO1.O=C(O)C(F)(F)F. The zero-order valence-corrected chi connectivity index (χ0v) is 16.7. The van der Waals surface area contributed by atoms with Gasteiger partial charge >= 0.3 is 12.1 Å². The lowest BCUT2D eigenvalue weighted by Gasteiger charge is -2.24. The topological polar surface area (TPSA) is 132 Å². The molecule has 3 aromatic heterocycles. The van der Waals surface area contributed by atoms with Gasteiger partial charge in [-0.3, -0.25) is 9.78 Å². The zero-order chi connectivity index (χ0) is 23.3. The molecular weight excluding hydrogens is 435 g/mol. The van der Waals surface area contributed by atoms with Gasteiger partial charge in [-0.25, -0.2) is 9.48 Å². The average molecular weight is 453 g/mol. The number of carbonyl (C=O) groups is 2. The number of carboxylic acids is 1. The van der Waals surface area contributed by atoms with Gasteiger partial charge in [-0.15, -0.1) is 5.10 Å². The van der Waals surface area contributed by atoms with E-state index in [2.05, 4.69) is 20.6 Å². The molecule has 13 heteroatoms. The van der Waals surface area contributed by atoms with Gasteiger partial charge in [-0.2, -0.15) is 13.2 Å². The van der Waals surface area contributed by atoms with Crippen molar-refractivity contribution in [3.05, 3.63) is 53.9 Å². The third-order valence-electron chi connectivity index (χ3n) is 4.44. The van der Waals surface area contributed by atoms with Crippen molar-refractivity contribution < 1.29 is 37.0 Å². The van der Waals surface area contributed by atoms with Crippen LogP contribution in [0.3, 0.4) is 0 Å². The number of fused-ring (bicyclic) bond motifs is 1. The molecule has 170 valence electrons. The smallest absolute Gasteiger partial charge is 0.475 e. The summed E-state index contributed by atoms with van der Waals surface area (Å²) in [6, 6.07) is 5.46. The van der Waals surface area contributed by atoms with Crippen molar-refractivity contribution in [1.29, 1.82) is 0 Å². The Morgan fingerprint density at radius 3 is 2.69 bits per heavy atom. The van der Waals surface area contributed by atoms with Crippen molar-refractivity contribution in [2.75, 3.05) is 6.54 Å². The molecule has 0 saturated heterocycles. The first kappa shape index (κ1) is 22.9. The van der Waals surface area contributed by atoms with Crippen LogP contribution in [-0.2, 0) is 22.7 Å². The van der Waals surface area contributed by atoms with Crippen LogP contribution in [0.2, 0.25) is 0 Å². The van der Waals surface area contributed by atoms with Crippen LogP contribution in [0.1, 0.15) is 21.8 Å². The van der Waals surface area contributed by atoms with Crippen molar-refractivity contribution in [3.8, 4) is 11.3 Å². The molecule has 2 N–H and O–H groups in total. The number of pyridine rings is 1. The number of aryl methyl sites for hydroxylation is 1. The summed E-state index contributed by atoms with van der Waals surface area (Å²) in [5, 5.41) is 18.4. The van der Waals surface area contributed by atoms with Gasteiger partial charge in [0.15, 0.2) is 0 Å². The second-order valence-corrected chi connectivity index (χ2v) is 6.64. The number of hydrogen-bond donors (Lipinski definition) is 2. The Morgan fingerprint density at radius 1 is 1.34 bits per heavy atom. The Labute approximate surface area is 179 Å². The normalized spacial score (nSPS) is 15.3. The Bertz CT molecular complexity index is 1080. The van der Waals surface area contributed by atoms with Crippen molar-refractivity contribution in [3.63, 3.8) is 0 Å². The fraction of sp³-hybridized carbons (Fsp3) is 0.316. The molecule has 1 atom stereocenters. The van der Waals surface area contributed by atoms with E-state index in [9.17, 15) is 18.0 Å². The van der Waals surface area contributed by atoms with Gasteiger partial charge in [0, 0.05) is 24.5 Å². The summed E-state index contributed by atoms with van der Waals surface area (Å²) < 4.78 is 44.6. The highest BCUT2D eigenvalue weighted by Crippen LogP contribution is 2.24. The fourth-order valence-corrected chi connectivity index (χ4v) is 2.84. The minimum Gasteiger partial charge on any atom is -0.475 e. The second kappa shape index (κ2) is 9.60. The van der Waals surface area contributed by atoms with E-state index in [1.165, 1.54) is 6.26 Å². The first-order valence-corrected chi connectivity index (χ1v) is 9.23. The number of halogens is 3. The van der Waals surface area contributed by atoms with E-state index in [0.717, 1.165) is 17.0 Å². The number of aliphatic carboxylic acids is 1. The number of carbonyl (C=O) groups excluding carboxylic acids is 1. The van der Waals surface area contributed by atoms with Gasteiger partial charge in [-0.05, 0) is 25.1 Å². The molecule has 0 radical (unpaired) electrons. The number of rotatable bonds is 4. The summed E-state index contributed by atoms with van der Waals surface area (Å²) >= 11 is 0. The lowest BCUT2D eigenvalue weighted by molar-refractivity contribution is -0.192. The molecule has 1 aliphatic heterocycles. The Morgan fingerprint density at radius 2 is 2.09 bits per heavy atom. The van der Waals surface area contributed by atoms with E-state index >= 15 is 0 Å². The van der Waals surface area contributed by atoms with Crippen molar-refractivity contribution >= 4 is 11.9 Å². The molecule has 32 heavy (non-hydrogen) atoms. The first-order chi connectivity index (χ1) is 15.2. The Kier molecular flexibility index (Phi) is 6.88. The van der Waals surface area contributed by atoms with Gasteiger partial charge in [-0.1, -0.05) is 5.21 Å². The van der Waals surface area contributed by atoms with E-state index in [-0.39, 0.29) is 12.0 Å². The van der Waals surface area contributed by atoms with Gasteiger partial charge in [0.2, 0.25) is 0 Å². The van der Waals surface area contributed by atoms with Crippen LogP contribution in [0.25, 0.3) is 11.3 Å². The highest BCUT2D eigenvalue weighted by atomic mass is 19.4. The van der Waals surface area contributed by atoms with Gasteiger partial charge in [0.05, 0.1) is 36.8 Å². The predicted octanol–water partition coefficient (Wildman–Crippen LogP) is 2.20. The summed E-state index contributed by atoms with van der Waals surface area (Å²) in [4.78, 5) is 25.1. The van der Waals surface area contributed by atoms with Gasteiger partial charge in [0.25, 0.3) is 5.91 Å². The number of amides is 1.